The molecule has 0 N–H and O–H groups in total. The van der Waals surface area contributed by atoms with Crippen molar-refractivity contribution in [3.05, 3.63) is 0 Å². The SMILES string of the molecule is BS(I)(I)I. The second-order valence-electron chi connectivity index (χ2n) is 0.638. The van der Waals surface area contributed by atoms with Crippen molar-refractivity contribution in [2.24, 2.45) is 0 Å². The minimum atomic E-state index is -0.257. The molecule has 0 amide bonds. The van der Waals surface area contributed by atoms with Gasteiger partial charge >= 0.3 is 0 Å². The maximum atomic E-state index is 2.43. The average Bonchev–Trinajstić information content (AvgIpc) is 0.722. The third-order valence-electron chi connectivity index (χ3n) is 0. The van der Waals surface area contributed by atoms with E-state index in [-0.39, 0.29) is 1.39 Å². The van der Waals surface area contributed by atoms with Gasteiger partial charge in [-0.25, -0.2) is 0 Å². The molecule has 0 unspecified atom stereocenters. The van der Waals surface area contributed by atoms with Gasteiger partial charge in [-0.3, -0.25) is 0 Å². The Morgan fingerprint density at radius 1 is 1.20 bits per heavy atom. The first-order valence-electron chi connectivity index (χ1n) is 0.871. The molecule has 0 aliphatic carbocycles. The lowest BCUT2D eigenvalue weighted by Gasteiger charge is -2.04. The van der Waals surface area contributed by atoms with Gasteiger partial charge in [0.05, 0.1) is 0 Å². The summed E-state index contributed by atoms with van der Waals surface area (Å²) in [6, 6.07) is 0. The third-order valence-corrected chi connectivity index (χ3v) is 0. The molecule has 5 heteroatoms. The van der Waals surface area contributed by atoms with Crippen molar-refractivity contribution in [3.8, 4) is 0 Å². The molecule has 0 saturated carbocycles. The first-order valence-corrected chi connectivity index (χ1v) is 10.5. The molecule has 0 saturated heterocycles. The van der Waals surface area contributed by atoms with Crippen LogP contribution in [0.2, 0.25) is 0 Å². The largest absolute Gasteiger partial charge is 0.189 e. The molecule has 0 spiro atoms. The molecule has 0 aromatic heterocycles. The molecule has 0 atom stereocenters. The number of rotatable bonds is 0. The van der Waals surface area contributed by atoms with Gasteiger partial charge in [0.15, 0.2) is 7.12 Å². The van der Waals surface area contributed by atoms with Gasteiger partial charge in [0.2, 0.25) is 0 Å². The molecule has 0 heterocycles. The first kappa shape index (κ1) is 7.60. The molecule has 0 aromatic rings. The summed E-state index contributed by atoms with van der Waals surface area (Å²) in [7, 11) is 2.23. The quantitative estimate of drug-likeness (QED) is 0.413. The first-order chi connectivity index (χ1) is 2.00. The lowest BCUT2D eigenvalue weighted by atomic mass is 10.8. The highest BCUT2D eigenvalue weighted by Gasteiger charge is 1.96. The van der Waals surface area contributed by atoms with E-state index in [4.69, 9.17) is 0 Å². The summed E-state index contributed by atoms with van der Waals surface area (Å²) in [4.78, 5) is 0. The summed E-state index contributed by atoms with van der Waals surface area (Å²) in [5, 5.41) is 0. The molecule has 0 radical (unpaired) electrons. The summed E-state index contributed by atoms with van der Waals surface area (Å²) in [5.41, 5.74) is 0. The van der Waals surface area contributed by atoms with E-state index in [0.717, 1.165) is 0 Å². The van der Waals surface area contributed by atoms with Crippen molar-refractivity contribution in [1.29, 1.82) is 0 Å². The summed E-state index contributed by atoms with van der Waals surface area (Å²) >= 11 is 7.30. The van der Waals surface area contributed by atoms with Crippen LogP contribution in [0.1, 0.15) is 0 Å². The van der Waals surface area contributed by atoms with Gasteiger partial charge in [0.25, 0.3) is 0 Å². The van der Waals surface area contributed by atoms with E-state index in [2.05, 4.69) is 70.7 Å². The fourth-order valence-electron chi connectivity index (χ4n) is 0. The van der Waals surface area contributed by atoms with E-state index < -0.39 is 0 Å². The monoisotopic (exact) mass is 426 g/mol. The van der Waals surface area contributed by atoms with Crippen LogP contribution >= 0.6 is 65.0 Å². The van der Waals surface area contributed by atoms with Crippen LogP contribution in [0.3, 0.4) is 0 Å². The van der Waals surface area contributed by atoms with Crippen LogP contribution in [-0.2, 0) is 0 Å². The molecular weight excluding hydrogens is 424 g/mol. The molecule has 0 aromatic carbocycles. The van der Waals surface area contributed by atoms with Crippen molar-refractivity contribution >= 4 is 72.1 Å². The van der Waals surface area contributed by atoms with Gasteiger partial charge in [-0.05, 0) is 63.6 Å². The standard InChI is InChI=1S/BH2I3S/c1-5(2,3)4/h1H2. The van der Waals surface area contributed by atoms with E-state index in [1.807, 2.05) is 0 Å². The minimum Gasteiger partial charge on any atom is -0.120 e. The fourth-order valence-corrected chi connectivity index (χ4v) is 0. The maximum absolute atomic E-state index is 2.43. The molecule has 0 nitrogen and oxygen atoms in total. The summed E-state index contributed by atoms with van der Waals surface area (Å²) < 4.78 is -0.257. The third kappa shape index (κ3) is 20.6. The molecule has 0 fully saturated rings. The molecule has 5 heavy (non-hydrogen) atoms. The Kier molecular flexibility index (Phi) is 4.26. The Hall–Kier alpha value is 2.60. The number of hydrogen-bond donors (Lipinski definition) is 0. The van der Waals surface area contributed by atoms with E-state index in [9.17, 15) is 0 Å². The molecule has 0 rings (SSSR count). The average molecular weight is 426 g/mol. The lowest BCUT2D eigenvalue weighted by molar-refractivity contribution is 5.25. The lowest BCUT2D eigenvalue weighted by Crippen LogP contribution is -1.50. The predicted molar refractivity (Wildman–Crippen MR) is 58.2 cm³/mol. The highest BCUT2D eigenvalue weighted by Crippen LogP contribution is 2.67. The van der Waals surface area contributed by atoms with Crippen LogP contribution in [0, 0.1) is 0 Å². The molecule has 0 aliphatic heterocycles. The Labute approximate surface area is 70.6 Å². The van der Waals surface area contributed by atoms with Crippen LogP contribution in [0.4, 0.5) is 0 Å². The van der Waals surface area contributed by atoms with E-state index >= 15 is 0 Å². The number of hydrogen-bond acceptors (Lipinski definition) is 0. The van der Waals surface area contributed by atoms with Gasteiger partial charge in [0, 0.05) is 0 Å². The normalized spacial score (nSPS) is 15.0. The van der Waals surface area contributed by atoms with Crippen LogP contribution in [-0.4, -0.2) is 7.12 Å². The zero-order valence-electron chi connectivity index (χ0n) is 2.54. The van der Waals surface area contributed by atoms with Gasteiger partial charge in [-0.15, -0.1) is 1.39 Å². The highest BCUT2D eigenvalue weighted by molar-refractivity contribution is 14.5. The molecule has 0 aliphatic rings. The van der Waals surface area contributed by atoms with Crippen molar-refractivity contribution in [1.82, 2.24) is 0 Å². The zero-order valence-corrected chi connectivity index (χ0v) is 9.83. The summed E-state index contributed by atoms with van der Waals surface area (Å²) in [6.45, 7) is 0. The smallest absolute Gasteiger partial charge is 0.120 e. The van der Waals surface area contributed by atoms with E-state index in [1.165, 1.54) is 0 Å². The Morgan fingerprint density at radius 3 is 1.20 bits per heavy atom. The topological polar surface area (TPSA) is 0 Å². The zero-order chi connectivity index (χ0) is 4.50. The molecular formula is H2BI3S. The van der Waals surface area contributed by atoms with Crippen LogP contribution in [0.25, 0.3) is 0 Å². The highest BCUT2D eigenvalue weighted by atomic mass is 127. The van der Waals surface area contributed by atoms with Crippen LogP contribution < -0.4 is 0 Å². The predicted octanol–water partition coefficient (Wildman–Crippen LogP) is 2.39. The Balaban J connectivity index is 3.02. The van der Waals surface area contributed by atoms with Crippen LogP contribution in [0.15, 0.2) is 0 Å². The van der Waals surface area contributed by atoms with Crippen molar-refractivity contribution in [2.75, 3.05) is 0 Å². The minimum absolute atomic E-state index is 0.257. The number of halogens is 3. The van der Waals surface area contributed by atoms with Crippen LogP contribution in [0.5, 0.6) is 0 Å². The molecule has 0 bridgehead atoms. The summed E-state index contributed by atoms with van der Waals surface area (Å²) in [6.07, 6.45) is 0. The van der Waals surface area contributed by atoms with Gasteiger partial charge in [0.1, 0.15) is 0 Å². The van der Waals surface area contributed by atoms with Crippen molar-refractivity contribution in [3.63, 3.8) is 0 Å². The van der Waals surface area contributed by atoms with Gasteiger partial charge in [-0.2, -0.15) is 0 Å². The fraction of sp³-hybridized carbons (Fsp3) is 0. The Morgan fingerprint density at radius 2 is 1.20 bits per heavy atom. The second kappa shape index (κ2) is 2.80. The van der Waals surface area contributed by atoms with Crippen molar-refractivity contribution < 1.29 is 0 Å². The summed E-state index contributed by atoms with van der Waals surface area (Å²) in [5.74, 6) is 0. The van der Waals surface area contributed by atoms with E-state index in [1.54, 1.807) is 0 Å². The Bertz CT molecular complexity index is 22.4. The van der Waals surface area contributed by atoms with Gasteiger partial charge in [-0.1, -0.05) is 0 Å². The van der Waals surface area contributed by atoms with Gasteiger partial charge < -0.3 is 0 Å². The van der Waals surface area contributed by atoms with E-state index in [0.29, 0.717) is 0 Å². The maximum Gasteiger partial charge on any atom is 0.189 e. The second-order valence-corrected chi connectivity index (χ2v) is 32.9. The van der Waals surface area contributed by atoms with Crippen molar-refractivity contribution in [2.45, 2.75) is 0 Å². The molecule has 32 valence electrons.